The third kappa shape index (κ3) is 67.2. The second-order valence-corrected chi connectivity index (χ2v) is 25.6. The van der Waals surface area contributed by atoms with E-state index in [1.165, 1.54) is 340 Å². The van der Waals surface area contributed by atoms with Gasteiger partial charge in [-0.3, -0.25) is 14.4 Å². The Morgan fingerprint density at radius 1 is 0.200 bits per heavy atom. The summed E-state index contributed by atoms with van der Waals surface area (Å²) in [7, 11) is 0. The number of hydrogen-bond donors (Lipinski definition) is 0. The van der Waals surface area contributed by atoms with E-state index in [-0.39, 0.29) is 31.1 Å². The maximum absolute atomic E-state index is 12.9. The molecule has 0 heterocycles. The molecule has 0 saturated carbocycles. The molecule has 0 aliphatic rings. The molecule has 80 heavy (non-hydrogen) atoms. The minimum atomic E-state index is -0.763. The minimum Gasteiger partial charge on any atom is -0.462 e. The largest absolute Gasteiger partial charge is 0.462 e. The Morgan fingerprint density at radius 2 is 0.338 bits per heavy atom. The van der Waals surface area contributed by atoms with Crippen LogP contribution in [0.2, 0.25) is 0 Å². The number of rotatable bonds is 70. The minimum absolute atomic E-state index is 0.0604. The summed E-state index contributed by atoms with van der Waals surface area (Å²) >= 11 is 0. The Bertz CT molecular complexity index is 1200. The summed E-state index contributed by atoms with van der Waals surface area (Å²) in [4.78, 5) is 38.4. The molecule has 0 radical (unpaired) electrons. The fourth-order valence-electron chi connectivity index (χ4n) is 11.8. The van der Waals surface area contributed by atoms with Crippen LogP contribution in [-0.4, -0.2) is 37.2 Å². The molecule has 1 unspecified atom stereocenters. The zero-order valence-corrected chi connectivity index (χ0v) is 54.9. The Morgan fingerprint density at radius 3 is 0.500 bits per heavy atom. The summed E-state index contributed by atoms with van der Waals surface area (Å²) in [6.45, 7) is 6.73. The molecular formula is C74H144O6. The van der Waals surface area contributed by atoms with E-state index in [2.05, 4.69) is 20.8 Å². The van der Waals surface area contributed by atoms with E-state index in [4.69, 9.17) is 14.2 Å². The molecular weight excluding hydrogens is 985 g/mol. The van der Waals surface area contributed by atoms with E-state index in [9.17, 15) is 14.4 Å². The second kappa shape index (κ2) is 69.9. The molecule has 1 atom stereocenters. The van der Waals surface area contributed by atoms with Gasteiger partial charge in [-0.15, -0.1) is 0 Å². The van der Waals surface area contributed by atoms with Crippen LogP contribution in [0.4, 0.5) is 0 Å². The van der Waals surface area contributed by atoms with Crippen molar-refractivity contribution in [1.82, 2.24) is 0 Å². The highest BCUT2D eigenvalue weighted by atomic mass is 16.6. The number of hydrogen-bond acceptors (Lipinski definition) is 6. The summed E-state index contributed by atoms with van der Waals surface area (Å²) in [5, 5.41) is 0. The van der Waals surface area contributed by atoms with Gasteiger partial charge >= 0.3 is 17.9 Å². The van der Waals surface area contributed by atoms with Gasteiger partial charge in [0.2, 0.25) is 0 Å². The zero-order valence-electron chi connectivity index (χ0n) is 54.9. The molecule has 0 fully saturated rings. The van der Waals surface area contributed by atoms with Crippen molar-refractivity contribution in [1.29, 1.82) is 0 Å². The average Bonchev–Trinajstić information content (AvgIpc) is 3.46. The van der Waals surface area contributed by atoms with E-state index >= 15 is 0 Å². The molecule has 0 rings (SSSR count). The topological polar surface area (TPSA) is 78.9 Å². The van der Waals surface area contributed by atoms with Crippen molar-refractivity contribution in [2.45, 2.75) is 444 Å². The molecule has 0 bridgehead atoms. The smallest absolute Gasteiger partial charge is 0.306 e. The molecule has 0 aliphatic heterocycles. The van der Waals surface area contributed by atoms with Crippen LogP contribution in [0.5, 0.6) is 0 Å². The summed E-state index contributed by atoms with van der Waals surface area (Å²) in [6, 6.07) is 0. The molecule has 0 amide bonds. The molecule has 0 aliphatic carbocycles. The lowest BCUT2D eigenvalue weighted by atomic mass is 10.0. The van der Waals surface area contributed by atoms with Gasteiger partial charge in [-0.25, -0.2) is 0 Å². The summed E-state index contributed by atoms with van der Waals surface area (Å²) < 4.78 is 17.0. The summed E-state index contributed by atoms with van der Waals surface area (Å²) in [6.07, 6.45) is 83.1. The van der Waals surface area contributed by atoms with Crippen LogP contribution >= 0.6 is 0 Å². The average molecular weight is 1130 g/mol. The van der Waals surface area contributed by atoms with Gasteiger partial charge in [0.25, 0.3) is 0 Å². The van der Waals surface area contributed by atoms with Crippen LogP contribution in [0.3, 0.4) is 0 Å². The number of ether oxygens (including phenoxy) is 3. The van der Waals surface area contributed by atoms with Crippen LogP contribution in [0.25, 0.3) is 0 Å². The maximum Gasteiger partial charge on any atom is 0.306 e. The van der Waals surface area contributed by atoms with Crippen LogP contribution in [0.15, 0.2) is 0 Å². The van der Waals surface area contributed by atoms with E-state index < -0.39 is 6.10 Å². The number of carbonyl (C=O) groups excluding carboxylic acids is 3. The highest BCUT2D eigenvalue weighted by Crippen LogP contribution is 2.20. The fraction of sp³-hybridized carbons (Fsp3) is 0.959. The first kappa shape index (κ1) is 78.4. The first-order valence-electron chi connectivity index (χ1n) is 37.0. The molecule has 476 valence electrons. The number of carbonyl (C=O) groups is 3. The van der Waals surface area contributed by atoms with Crippen molar-refractivity contribution >= 4 is 17.9 Å². The standard InChI is InChI=1S/C74H144O6/c1-4-7-10-13-16-19-22-25-27-28-29-30-31-32-33-34-35-36-37-38-39-40-41-42-43-44-45-47-49-52-55-58-61-64-67-73(76)79-70-71(69-78-72(75)66-63-60-57-54-51-48-24-21-18-15-12-9-6-3)80-74(77)68-65-62-59-56-53-50-46-26-23-20-17-14-11-8-5-2/h71H,4-70H2,1-3H3. The molecule has 0 saturated heterocycles. The lowest BCUT2D eigenvalue weighted by Crippen LogP contribution is -2.30. The number of esters is 3. The normalized spacial score (nSPS) is 11.9. The maximum atomic E-state index is 12.9. The first-order valence-corrected chi connectivity index (χ1v) is 37.0. The Hall–Kier alpha value is -1.59. The van der Waals surface area contributed by atoms with Crippen LogP contribution in [0.1, 0.15) is 438 Å². The van der Waals surface area contributed by atoms with Gasteiger partial charge in [0.05, 0.1) is 0 Å². The lowest BCUT2D eigenvalue weighted by Gasteiger charge is -2.18. The van der Waals surface area contributed by atoms with Gasteiger partial charge < -0.3 is 14.2 Å². The van der Waals surface area contributed by atoms with E-state index in [0.717, 1.165) is 57.8 Å². The van der Waals surface area contributed by atoms with Crippen molar-refractivity contribution in [3.8, 4) is 0 Å². The van der Waals surface area contributed by atoms with E-state index in [0.29, 0.717) is 19.3 Å². The molecule has 0 N–H and O–H groups in total. The van der Waals surface area contributed by atoms with Crippen molar-refractivity contribution < 1.29 is 28.6 Å². The van der Waals surface area contributed by atoms with Gasteiger partial charge in [-0.1, -0.05) is 400 Å². The fourth-order valence-corrected chi connectivity index (χ4v) is 11.8. The van der Waals surface area contributed by atoms with Gasteiger partial charge in [0.1, 0.15) is 13.2 Å². The van der Waals surface area contributed by atoms with Crippen molar-refractivity contribution in [2.24, 2.45) is 0 Å². The predicted molar refractivity (Wildman–Crippen MR) is 349 cm³/mol. The van der Waals surface area contributed by atoms with Gasteiger partial charge in [0.15, 0.2) is 6.10 Å². The Balaban J connectivity index is 4.01. The Labute approximate surface area is 501 Å². The van der Waals surface area contributed by atoms with E-state index in [1.54, 1.807) is 0 Å². The molecule has 6 heteroatoms. The van der Waals surface area contributed by atoms with Crippen molar-refractivity contribution in [2.75, 3.05) is 13.2 Å². The van der Waals surface area contributed by atoms with Crippen molar-refractivity contribution in [3.05, 3.63) is 0 Å². The SMILES string of the molecule is CCCCCCCCCCCCCCCCCCCCCCCCCCCCCCCCCCCCC(=O)OCC(COC(=O)CCCCCCCCCCCCCCC)OC(=O)CCCCCCCCCCCCCCCCC. The van der Waals surface area contributed by atoms with Gasteiger partial charge in [-0.05, 0) is 19.3 Å². The summed E-state index contributed by atoms with van der Waals surface area (Å²) in [5.41, 5.74) is 0. The highest BCUT2D eigenvalue weighted by Gasteiger charge is 2.20. The van der Waals surface area contributed by atoms with Crippen LogP contribution in [0, 0.1) is 0 Å². The first-order chi connectivity index (χ1) is 39.5. The van der Waals surface area contributed by atoms with Crippen LogP contribution in [-0.2, 0) is 28.6 Å². The molecule has 0 spiro atoms. The molecule has 0 aromatic heterocycles. The lowest BCUT2D eigenvalue weighted by molar-refractivity contribution is -0.167. The van der Waals surface area contributed by atoms with Gasteiger partial charge in [-0.2, -0.15) is 0 Å². The second-order valence-electron chi connectivity index (χ2n) is 25.6. The highest BCUT2D eigenvalue weighted by molar-refractivity contribution is 5.71. The third-order valence-corrected chi connectivity index (χ3v) is 17.4. The molecule has 0 aromatic rings. The summed E-state index contributed by atoms with van der Waals surface area (Å²) in [5.74, 6) is -0.822. The van der Waals surface area contributed by atoms with Crippen molar-refractivity contribution in [3.63, 3.8) is 0 Å². The monoisotopic (exact) mass is 1130 g/mol. The quantitative estimate of drug-likeness (QED) is 0.0343. The zero-order chi connectivity index (χ0) is 57.8. The molecule has 6 nitrogen and oxygen atoms in total. The molecule has 0 aromatic carbocycles. The third-order valence-electron chi connectivity index (χ3n) is 17.4. The van der Waals surface area contributed by atoms with E-state index in [1.807, 2.05) is 0 Å². The van der Waals surface area contributed by atoms with Gasteiger partial charge in [0, 0.05) is 19.3 Å². The predicted octanol–water partition coefficient (Wildman–Crippen LogP) is 25.4. The Kier molecular flexibility index (Phi) is 68.5. The van der Waals surface area contributed by atoms with Crippen LogP contribution < -0.4 is 0 Å². The number of unbranched alkanes of at least 4 members (excludes halogenated alkanes) is 59.